The molecule has 0 saturated carbocycles. The van der Waals surface area contributed by atoms with Crippen LogP contribution in [0.4, 0.5) is 4.39 Å². The molecule has 1 amide bonds. The molecule has 3 N–H and O–H groups in total. The highest BCUT2D eigenvalue weighted by Crippen LogP contribution is 2.25. The summed E-state index contributed by atoms with van der Waals surface area (Å²) >= 11 is 0. The summed E-state index contributed by atoms with van der Waals surface area (Å²) in [6.07, 6.45) is 1.22. The number of carbonyl (C=O) groups is 1. The van der Waals surface area contributed by atoms with Gasteiger partial charge >= 0.3 is 0 Å². The molecule has 0 aromatic heterocycles. The Morgan fingerprint density at radius 2 is 2.00 bits per heavy atom. The van der Waals surface area contributed by atoms with Gasteiger partial charge in [-0.15, -0.1) is 0 Å². The molecule has 1 saturated heterocycles. The molecule has 1 aromatic rings. The lowest BCUT2D eigenvalue weighted by Crippen LogP contribution is -2.58. The number of piperidine rings is 1. The lowest BCUT2D eigenvalue weighted by molar-refractivity contribution is -0.128. The van der Waals surface area contributed by atoms with E-state index in [2.05, 4.69) is 5.32 Å². The number of amides is 1. The fourth-order valence-corrected chi connectivity index (χ4v) is 4.47. The van der Waals surface area contributed by atoms with Gasteiger partial charge in [-0.25, -0.2) is 12.8 Å². The number of rotatable bonds is 6. The van der Waals surface area contributed by atoms with E-state index in [9.17, 15) is 17.6 Å². The van der Waals surface area contributed by atoms with Gasteiger partial charge in [0.25, 0.3) is 0 Å². The highest BCUT2D eigenvalue weighted by Gasteiger charge is 2.36. The van der Waals surface area contributed by atoms with Crippen molar-refractivity contribution in [2.24, 2.45) is 17.6 Å². The molecule has 1 fully saturated rings. The largest absolute Gasteiger partial charge is 0.349 e. The average molecular weight is 386 g/mol. The van der Waals surface area contributed by atoms with Gasteiger partial charge in [-0.1, -0.05) is 13.8 Å². The van der Waals surface area contributed by atoms with Crippen molar-refractivity contribution in [3.8, 4) is 0 Å². The zero-order valence-electron chi connectivity index (χ0n) is 15.5. The molecular formula is C18H28FN3O3S. The van der Waals surface area contributed by atoms with Crippen molar-refractivity contribution >= 4 is 15.9 Å². The second-order valence-corrected chi connectivity index (χ2v) is 9.36. The molecule has 6 nitrogen and oxygen atoms in total. The van der Waals surface area contributed by atoms with Crippen LogP contribution in [0.1, 0.15) is 33.6 Å². The second kappa shape index (κ2) is 8.02. The highest BCUT2D eigenvalue weighted by molar-refractivity contribution is 7.89. The molecule has 0 radical (unpaired) electrons. The Balaban J connectivity index is 2.13. The van der Waals surface area contributed by atoms with Gasteiger partial charge in [0.05, 0.1) is 16.4 Å². The first-order chi connectivity index (χ1) is 12.1. The maximum absolute atomic E-state index is 13.1. The SMILES string of the molecule is CC(C)C(C)(CN)NC(=O)C1CCCN(S(=O)(=O)c2ccc(F)cc2)C1. The lowest BCUT2D eigenvalue weighted by atomic mass is 9.87. The smallest absolute Gasteiger partial charge is 0.243 e. The molecule has 1 heterocycles. The minimum absolute atomic E-state index is 0.0361. The third-order valence-corrected chi connectivity index (χ3v) is 7.19. The molecule has 0 spiro atoms. The van der Waals surface area contributed by atoms with Crippen molar-refractivity contribution in [2.75, 3.05) is 19.6 Å². The van der Waals surface area contributed by atoms with Crippen molar-refractivity contribution in [1.82, 2.24) is 9.62 Å². The summed E-state index contributed by atoms with van der Waals surface area (Å²) in [5.41, 5.74) is 5.29. The maximum atomic E-state index is 13.1. The zero-order chi connectivity index (χ0) is 19.5. The van der Waals surface area contributed by atoms with Gasteiger partial charge in [0.2, 0.25) is 15.9 Å². The maximum Gasteiger partial charge on any atom is 0.243 e. The van der Waals surface area contributed by atoms with Gasteiger partial charge in [0.1, 0.15) is 5.82 Å². The molecule has 1 aliphatic rings. The quantitative estimate of drug-likeness (QED) is 0.780. The van der Waals surface area contributed by atoms with Crippen molar-refractivity contribution < 1.29 is 17.6 Å². The number of hydrogen-bond donors (Lipinski definition) is 2. The van der Waals surface area contributed by atoms with Crippen molar-refractivity contribution in [1.29, 1.82) is 0 Å². The van der Waals surface area contributed by atoms with Crippen molar-refractivity contribution in [3.63, 3.8) is 0 Å². The number of nitrogens with one attached hydrogen (secondary N) is 1. The van der Waals surface area contributed by atoms with Crippen LogP contribution >= 0.6 is 0 Å². The lowest BCUT2D eigenvalue weighted by Gasteiger charge is -2.37. The summed E-state index contributed by atoms with van der Waals surface area (Å²) < 4.78 is 39.9. The van der Waals surface area contributed by atoms with Crippen molar-refractivity contribution in [2.45, 2.75) is 44.0 Å². The molecule has 0 aliphatic carbocycles. The molecular weight excluding hydrogens is 357 g/mol. The van der Waals surface area contributed by atoms with E-state index in [0.717, 1.165) is 12.1 Å². The minimum Gasteiger partial charge on any atom is -0.349 e. The van der Waals surface area contributed by atoms with E-state index in [-0.39, 0.29) is 23.3 Å². The predicted octanol–water partition coefficient (Wildman–Crippen LogP) is 1.72. The molecule has 8 heteroatoms. The molecule has 1 aliphatic heterocycles. The van der Waals surface area contributed by atoms with E-state index < -0.39 is 27.3 Å². The van der Waals surface area contributed by atoms with Gasteiger partial charge in [-0.05, 0) is 49.9 Å². The summed E-state index contributed by atoms with van der Waals surface area (Å²) in [4.78, 5) is 12.7. The van der Waals surface area contributed by atoms with Crippen LogP contribution in [0.2, 0.25) is 0 Å². The van der Waals surface area contributed by atoms with E-state index in [1.165, 1.54) is 16.4 Å². The Kier molecular flexibility index (Phi) is 6.42. The van der Waals surface area contributed by atoms with Gasteiger partial charge in [-0.3, -0.25) is 4.79 Å². The van der Waals surface area contributed by atoms with Crippen LogP contribution in [0.25, 0.3) is 0 Å². The molecule has 146 valence electrons. The van der Waals surface area contributed by atoms with Crippen LogP contribution < -0.4 is 11.1 Å². The fraction of sp³-hybridized carbons (Fsp3) is 0.611. The topological polar surface area (TPSA) is 92.5 Å². The van der Waals surface area contributed by atoms with Crippen LogP contribution in [0.5, 0.6) is 0 Å². The van der Waals surface area contributed by atoms with Crippen LogP contribution in [0, 0.1) is 17.7 Å². The van der Waals surface area contributed by atoms with Gasteiger partial charge in [0, 0.05) is 19.6 Å². The first kappa shape index (κ1) is 20.8. The van der Waals surface area contributed by atoms with E-state index in [0.29, 0.717) is 25.9 Å². The number of nitrogens with zero attached hydrogens (tertiary/aromatic N) is 1. The van der Waals surface area contributed by atoms with Gasteiger partial charge in [-0.2, -0.15) is 4.31 Å². The van der Waals surface area contributed by atoms with E-state index >= 15 is 0 Å². The second-order valence-electron chi connectivity index (χ2n) is 7.42. The molecule has 26 heavy (non-hydrogen) atoms. The number of benzene rings is 1. The Bertz CT molecular complexity index is 737. The van der Waals surface area contributed by atoms with Crippen LogP contribution in [-0.4, -0.2) is 43.8 Å². The summed E-state index contributed by atoms with van der Waals surface area (Å²) in [5, 5.41) is 3.00. The minimum atomic E-state index is -3.75. The number of carbonyl (C=O) groups excluding carboxylic acids is 1. The molecule has 2 unspecified atom stereocenters. The van der Waals surface area contributed by atoms with Crippen LogP contribution in [0.3, 0.4) is 0 Å². The Morgan fingerprint density at radius 3 is 2.54 bits per heavy atom. The van der Waals surface area contributed by atoms with E-state index in [1.54, 1.807) is 0 Å². The van der Waals surface area contributed by atoms with Crippen LogP contribution in [0.15, 0.2) is 29.2 Å². The van der Waals surface area contributed by atoms with Gasteiger partial charge in [0.15, 0.2) is 0 Å². The number of sulfonamides is 1. The van der Waals surface area contributed by atoms with Crippen molar-refractivity contribution in [3.05, 3.63) is 30.1 Å². The zero-order valence-corrected chi connectivity index (χ0v) is 16.4. The van der Waals surface area contributed by atoms with Crippen LogP contribution in [-0.2, 0) is 14.8 Å². The molecule has 2 rings (SSSR count). The third kappa shape index (κ3) is 4.42. The molecule has 0 bridgehead atoms. The first-order valence-electron chi connectivity index (χ1n) is 8.88. The van der Waals surface area contributed by atoms with Gasteiger partial charge < -0.3 is 11.1 Å². The molecule has 1 aromatic carbocycles. The summed E-state index contributed by atoms with van der Waals surface area (Å²) in [6, 6.07) is 4.74. The molecule has 2 atom stereocenters. The fourth-order valence-electron chi connectivity index (χ4n) is 2.94. The first-order valence-corrected chi connectivity index (χ1v) is 10.3. The number of halogens is 1. The standard InChI is InChI=1S/C18H28FN3O3S/c1-13(2)18(3,12-20)21-17(23)14-5-4-10-22(11-14)26(24,25)16-8-6-15(19)7-9-16/h6-9,13-14H,4-5,10-12,20H2,1-3H3,(H,21,23). The summed E-state index contributed by atoms with van der Waals surface area (Å²) in [5.74, 6) is -0.942. The Labute approximate surface area is 155 Å². The Hall–Kier alpha value is -1.51. The van der Waals surface area contributed by atoms with E-state index in [1.807, 2.05) is 20.8 Å². The number of nitrogens with two attached hydrogens (primary N) is 1. The summed E-state index contributed by atoms with van der Waals surface area (Å²) in [6.45, 7) is 6.64. The predicted molar refractivity (Wildman–Crippen MR) is 98.3 cm³/mol. The number of hydrogen-bond acceptors (Lipinski definition) is 4. The average Bonchev–Trinajstić information content (AvgIpc) is 2.61. The third-order valence-electron chi connectivity index (χ3n) is 5.31. The highest BCUT2D eigenvalue weighted by atomic mass is 32.2. The Morgan fingerprint density at radius 1 is 1.38 bits per heavy atom. The summed E-state index contributed by atoms with van der Waals surface area (Å²) in [7, 11) is -3.75. The van der Waals surface area contributed by atoms with E-state index in [4.69, 9.17) is 5.73 Å². The normalized spacial score (nSPS) is 21.4. The monoisotopic (exact) mass is 385 g/mol.